The molecule has 0 N–H and O–H groups in total. The Kier molecular flexibility index (Phi) is 2.44. The van der Waals surface area contributed by atoms with Gasteiger partial charge in [-0.05, 0) is 30.9 Å². The molecule has 0 heterocycles. The highest BCUT2D eigenvalue weighted by Crippen LogP contribution is 2.50. The van der Waals surface area contributed by atoms with Crippen LogP contribution in [-0.4, -0.2) is 6.18 Å². The van der Waals surface area contributed by atoms with Crippen LogP contribution >= 0.6 is 0 Å². The first-order chi connectivity index (χ1) is 7.36. The average molecular weight is 236 g/mol. The molecule has 1 aliphatic rings. The minimum Gasteiger partial charge on any atom is -0.228 e. The van der Waals surface area contributed by atoms with Gasteiger partial charge in [0.2, 0.25) is 5.67 Å². The van der Waals surface area contributed by atoms with Crippen molar-refractivity contribution in [3.05, 3.63) is 35.1 Å². The first-order valence-electron chi connectivity index (χ1n) is 4.90. The maximum atomic E-state index is 14.0. The van der Waals surface area contributed by atoms with Crippen molar-refractivity contribution in [2.75, 3.05) is 0 Å². The molecular weight excluding hydrogens is 227 g/mol. The number of hydrogen-bond acceptors (Lipinski definition) is 0. The van der Waals surface area contributed by atoms with E-state index < -0.39 is 29.6 Å². The first kappa shape index (κ1) is 11.4. The second kappa shape index (κ2) is 3.43. The van der Waals surface area contributed by atoms with Crippen LogP contribution < -0.4 is 0 Å². The molecule has 1 aromatic carbocycles. The van der Waals surface area contributed by atoms with Crippen molar-refractivity contribution in [1.82, 2.24) is 0 Å². The molecule has 5 heteroatoms. The molecule has 1 atom stereocenters. The molecule has 1 unspecified atom stereocenters. The van der Waals surface area contributed by atoms with Crippen LogP contribution in [0.5, 0.6) is 0 Å². The van der Waals surface area contributed by atoms with Gasteiger partial charge in [-0.3, -0.25) is 0 Å². The standard InChI is InChI=1S/C11H9F5/c12-8-5-1-3-7-4-2-6-10(13,9(7)8)11(14,15)16/h1,3,5H,2,4,6H2. The van der Waals surface area contributed by atoms with Crippen LogP contribution in [0.25, 0.3) is 0 Å². The van der Waals surface area contributed by atoms with Crippen LogP contribution in [0.3, 0.4) is 0 Å². The minimum atomic E-state index is -5.07. The zero-order valence-electron chi connectivity index (χ0n) is 8.24. The van der Waals surface area contributed by atoms with Crippen LogP contribution in [0.4, 0.5) is 22.0 Å². The van der Waals surface area contributed by atoms with Crippen molar-refractivity contribution in [3.8, 4) is 0 Å². The summed E-state index contributed by atoms with van der Waals surface area (Å²) in [7, 11) is 0. The summed E-state index contributed by atoms with van der Waals surface area (Å²) < 4.78 is 65.3. The topological polar surface area (TPSA) is 0 Å². The lowest BCUT2D eigenvalue weighted by Crippen LogP contribution is -2.41. The Morgan fingerprint density at radius 3 is 2.50 bits per heavy atom. The Hall–Kier alpha value is -1.13. The van der Waals surface area contributed by atoms with E-state index in [9.17, 15) is 22.0 Å². The molecule has 0 nitrogen and oxygen atoms in total. The Labute approximate surface area is 89.1 Å². The number of hydrogen-bond donors (Lipinski definition) is 0. The number of halogens is 5. The lowest BCUT2D eigenvalue weighted by molar-refractivity contribution is -0.241. The number of rotatable bonds is 0. The van der Waals surface area contributed by atoms with Crippen LogP contribution in [0.15, 0.2) is 18.2 Å². The van der Waals surface area contributed by atoms with E-state index in [1.54, 1.807) is 0 Å². The Morgan fingerprint density at radius 1 is 1.19 bits per heavy atom. The molecule has 0 radical (unpaired) electrons. The monoisotopic (exact) mass is 236 g/mol. The third kappa shape index (κ3) is 1.49. The van der Waals surface area contributed by atoms with Crippen molar-refractivity contribution >= 4 is 0 Å². The van der Waals surface area contributed by atoms with Gasteiger partial charge in [0.25, 0.3) is 0 Å². The second-order valence-electron chi connectivity index (χ2n) is 3.93. The molecule has 0 spiro atoms. The van der Waals surface area contributed by atoms with Crippen LogP contribution in [0, 0.1) is 5.82 Å². The van der Waals surface area contributed by atoms with E-state index in [4.69, 9.17) is 0 Å². The largest absolute Gasteiger partial charge is 0.426 e. The van der Waals surface area contributed by atoms with Crippen LogP contribution in [0.1, 0.15) is 24.0 Å². The third-order valence-corrected chi connectivity index (χ3v) is 2.91. The molecule has 16 heavy (non-hydrogen) atoms. The summed E-state index contributed by atoms with van der Waals surface area (Å²) in [6.45, 7) is 0. The molecule has 0 saturated carbocycles. The predicted molar refractivity (Wildman–Crippen MR) is 48.2 cm³/mol. The number of benzene rings is 1. The Morgan fingerprint density at radius 2 is 1.88 bits per heavy atom. The molecule has 0 aliphatic heterocycles. The van der Waals surface area contributed by atoms with E-state index in [1.807, 2.05) is 0 Å². The minimum absolute atomic E-state index is 0.0759. The molecule has 0 fully saturated rings. The summed E-state index contributed by atoms with van der Waals surface area (Å²) in [6.07, 6.45) is -5.41. The van der Waals surface area contributed by atoms with E-state index in [1.165, 1.54) is 12.1 Å². The molecule has 0 bridgehead atoms. The first-order valence-corrected chi connectivity index (χ1v) is 4.90. The summed E-state index contributed by atoms with van der Waals surface area (Å²) in [5.74, 6) is -1.11. The van der Waals surface area contributed by atoms with Crippen molar-refractivity contribution in [3.63, 3.8) is 0 Å². The average Bonchev–Trinajstić information content (AvgIpc) is 2.16. The van der Waals surface area contributed by atoms with Gasteiger partial charge >= 0.3 is 6.18 Å². The van der Waals surface area contributed by atoms with Gasteiger partial charge in [0.1, 0.15) is 5.82 Å². The molecule has 1 aliphatic carbocycles. The van der Waals surface area contributed by atoms with Gasteiger partial charge in [-0.15, -0.1) is 0 Å². The van der Waals surface area contributed by atoms with Gasteiger partial charge in [-0.1, -0.05) is 12.1 Å². The zero-order valence-corrected chi connectivity index (χ0v) is 8.24. The molecule has 88 valence electrons. The normalized spacial score (nSPS) is 25.3. The summed E-state index contributed by atoms with van der Waals surface area (Å²) >= 11 is 0. The van der Waals surface area contributed by atoms with E-state index in [0.29, 0.717) is 0 Å². The Balaban J connectivity index is 2.64. The number of fused-ring (bicyclic) bond motifs is 1. The summed E-state index contributed by atoms with van der Waals surface area (Å²) in [5, 5.41) is 0. The quantitative estimate of drug-likeness (QED) is 0.599. The van der Waals surface area contributed by atoms with Crippen molar-refractivity contribution in [2.24, 2.45) is 0 Å². The summed E-state index contributed by atoms with van der Waals surface area (Å²) in [4.78, 5) is 0. The zero-order chi connectivity index (χ0) is 12.0. The predicted octanol–water partition coefficient (Wildman–Crippen LogP) is 3.89. The Bertz CT molecular complexity index is 409. The summed E-state index contributed by atoms with van der Waals surface area (Å²) in [6, 6.07) is 3.51. The van der Waals surface area contributed by atoms with E-state index in [0.717, 1.165) is 6.07 Å². The highest BCUT2D eigenvalue weighted by atomic mass is 19.4. The molecule has 2 rings (SSSR count). The van der Waals surface area contributed by atoms with Crippen LogP contribution in [0.2, 0.25) is 0 Å². The SMILES string of the molecule is Fc1cccc2c1C(F)(C(F)(F)F)CCC2. The van der Waals surface area contributed by atoms with Gasteiger partial charge in [-0.25, -0.2) is 8.78 Å². The van der Waals surface area contributed by atoms with E-state index in [-0.39, 0.29) is 18.4 Å². The van der Waals surface area contributed by atoms with Gasteiger partial charge in [0.15, 0.2) is 0 Å². The smallest absolute Gasteiger partial charge is 0.228 e. The maximum absolute atomic E-state index is 14.0. The van der Waals surface area contributed by atoms with Gasteiger partial charge in [-0.2, -0.15) is 13.2 Å². The summed E-state index contributed by atoms with van der Waals surface area (Å²) in [5.41, 5.74) is -4.24. The molecule has 0 aromatic heterocycles. The van der Waals surface area contributed by atoms with Crippen molar-refractivity contribution < 1.29 is 22.0 Å². The molecule has 0 saturated heterocycles. The highest BCUT2D eigenvalue weighted by molar-refractivity contribution is 5.37. The van der Waals surface area contributed by atoms with E-state index in [2.05, 4.69) is 0 Å². The van der Waals surface area contributed by atoms with Crippen LogP contribution in [-0.2, 0) is 12.1 Å². The van der Waals surface area contributed by atoms with Gasteiger partial charge in [0.05, 0.1) is 0 Å². The van der Waals surface area contributed by atoms with Gasteiger partial charge < -0.3 is 0 Å². The fourth-order valence-electron chi connectivity index (χ4n) is 2.15. The highest BCUT2D eigenvalue weighted by Gasteiger charge is 2.59. The maximum Gasteiger partial charge on any atom is 0.426 e. The van der Waals surface area contributed by atoms with Gasteiger partial charge in [0, 0.05) is 5.56 Å². The fourth-order valence-corrected chi connectivity index (χ4v) is 2.15. The number of alkyl halides is 4. The molecule has 1 aromatic rings. The van der Waals surface area contributed by atoms with Crippen molar-refractivity contribution in [1.29, 1.82) is 0 Å². The van der Waals surface area contributed by atoms with E-state index >= 15 is 0 Å². The lowest BCUT2D eigenvalue weighted by atomic mass is 9.79. The third-order valence-electron chi connectivity index (χ3n) is 2.91. The van der Waals surface area contributed by atoms with Crippen molar-refractivity contribution in [2.45, 2.75) is 31.1 Å². The lowest BCUT2D eigenvalue weighted by Gasteiger charge is -2.33. The molecular formula is C11H9F5. The number of aryl methyl sites for hydroxylation is 1. The fraction of sp³-hybridized carbons (Fsp3) is 0.455. The second-order valence-corrected chi connectivity index (χ2v) is 3.93. The molecule has 0 amide bonds.